The van der Waals surface area contributed by atoms with E-state index in [1.54, 1.807) is 18.2 Å². The van der Waals surface area contributed by atoms with Crippen molar-refractivity contribution in [2.75, 3.05) is 19.7 Å². The number of fused-ring (bicyclic) bond motifs is 2. The van der Waals surface area contributed by atoms with Crippen LogP contribution >= 0.6 is 0 Å². The molecule has 1 aliphatic carbocycles. The van der Waals surface area contributed by atoms with Gasteiger partial charge >= 0.3 is 5.97 Å². The van der Waals surface area contributed by atoms with Crippen LogP contribution in [0.5, 0.6) is 0 Å². The van der Waals surface area contributed by atoms with Crippen LogP contribution in [0.2, 0.25) is 0 Å². The molecule has 2 bridgehead atoms. The number of hydrogen-bond acceptors (Lipinski definition) is 4. The summed E-state index contributed by atoms with van der Waals surface area (Å²) in [6, 6.07) is 7.34. The number of likely N-dealkylation sites (tertiary alicyclic amines) is 1. The van der Waals surface area contributed by atoms with Crippen molar-refractivity contribution in [3.63, 3.8) is 0 Å². The van der Waals surface area contributed by atoms with Crippen molar-refractivity contribution in [3.05, 3.63) is 35.4 Å². The molecule has 1 saturated heterocycles. The van der Waals surface area contributed by atoms with Gasteiger partial charge < -0.3 is 15.0 Å². The molecule has 28 heavy (non-hydrogen) atoms. The number of aryl methyl sites for hydroxylation is 1. The van der Waals surface area contributed by atoms with Crippen molar-refractivity contribution in [2.45, 2.75) is 53.0 Å². The van der Waals surface area contributed by atoms with Gasteiger partial charge in [0.2, 0.25) is 0 Å². The molecule has 2 aliphatic rings. The van der Waals surface area contributed by atoms with E-state index in [9.17, 15) is 14.4 Å². The molecule has 1 aromatic carbocycles. The number of ether oxygens (including phenoxy) is 1. The van der Waals surface area contributed by atoms with Gasteiger partial charge in [-0.3, -0.25) is 14.4 Å². The number of benzene rings is 1. The number of amides is 2. The molecular weight excluding hydrogens is 356 g/mol. The van der Waals surface area contributed by atoms with Crippen LogP contribution in [0.1, 0.15) is 56.0 Å². The minimum absolute atomic E-state index is 0.147. The first-order chi connectivity index (χ1) is 13.1. The van der Waals surface area contributed by atoms with Gasteiger partial charge in [-0.2, -0.15) is 0 Å². The number of esters is 1. The average molecular weight is 386 g/mol. The summed E-state index contributed by atoms with van der Waals surface area (Å²) in [5.74, 6) is -1.09. The normalized spacial score (nSPS) is 25.3. The summed E-state index contributed by atoms with van der Waals surface area (Å²) < 4.78 is 5.11. The molecule has 3 rings (SSSR count). The molecule has 1 N–H and O–H groups in total. The molecule has 2 fully saturated rings. The standard InChI is InChI=1S/C22H30N2O4/c1-15-6-5-7-16(8-15)20(27)23-11-19(26)28-12-18(25)24-14-22(4)10-17(24)9-21(2,3)13-22/h5-8,17H,9-14H2,1-4H3,(H,23,27)/t17-,22+/m1/s1. The summed E-state index contributed by atoms with van der Waals surface area (Å²) in [6.45, 7) is 8.83. The Morgan fingerprint density at radius 2 is 1.96 bits per heavy atom. The molecule has 1 aliphatic heterocycles. The van der Waals surface area contributed by atoms with Crippen molar-refractivity contribution in [2.24, 2.45) is 10.8 Å². The Labute approximate surface area is 166 Å². The van der Waals surface area contributed by atoms with E-state index in [1.165, 1.54) is 0 Å². The first-order valence-electron chi connectivity index (χ1n) is 9.87. The van der Waals surface area contributed by atoms with Crippen LogP contribution in [0.15, 0.2) is 24.3 Å². The number of rotatable bonds is 5. The lowest BCUT2D eigenvalue weighted by Crippen LogP contribution is -2.40. The molecule has 6 heteroatoms. The summed E-state index contributed by atoms with van der Waals surface area (Å²) in [6.07, 6.45) is 3.10. The number of nitrogens with zero attached hydrogens (tertiary/aromatic N) is 1. The van der Waals surface area contributed by atoms with Crippen molar-refractivity contribution in [1.82, 2.24) is 10.2 Å². The van der Waals surface area contributed by atoms with Gasteiger partial charge in [-0.1, -0.05) is 38.5 Å². The van der Waals surface area contributed by atoms with E-state index in [1.807, 2.05) is 17.9 Å². The molecule has 1 saturated carbocycles. The number of hydrogen-bond donors (Lipinski definition) is 1. The van der Waals surface area contributed by atoms with E-state index in [4.69, 9.17) is 4.74 Å². The van der Waals surface area contributed by atoms with Crippen LogP contribution in [0, 0.1) is 17.8 Å². The van der Waals surface area contributed by atoms with Crippen LogP contribution in [-0.2, 0) is 14.3 Å². The third-order valence-corrected chi connectivity index (χ3v) is 5.77. The van der Waals surface area contributed by atoms with Gasteiger partial charge in [-0.15, -0.1) is 0 Å². The van der Waals surface area contributed by atoms with Gasteiger partial charge in [0.15, 0.2) is 6.61 Å². The largest absolute Gasteiger partial charge is 0.454 e. The van der Waals surface area contributed by atoms with Crippen molar-refractivity contribution < 1.29 is 19.1 Å². The molecule has 0 spiro atoms. The Morgan fingerprint density at radius 1 is 1.21 bits per heavy atom. The number of nitrogens with one attached hydrogen (secondary N) is 1. The minimum atomic E-state index is -0.608. The molecule has 2 amide bonds. The van der Waals surface area contributed by atoms with E-state index in [-0.39, 0.29) is 41.8 Å². The molecule has 0 unspecified atom stereocenters. The third kappa shape index (κ3) is 4.72. The lowest BCUT2D eigenvalue weighted by atomic mass is 9.65. The van der Waals surface area contributed by atoms with Crippen LogP contribution in [0.4, 0.5) is 0 Å². The zero-order valence-corrected chi connectivity index (χ0v) is 17.2. The molecule has 152 valence electrons. The monoisotopic (exact) mass is 386 g/mol. The highest BCUT2D eigenvalue weighted by Gasteiger charge is 2.50. The van der Waals surface area contributed by atoms with Gasteiger partial charge in [0.25, 0.3) is 11.8 Å². The zero-order valence-electron chi connectivity index (χ0n) is 17.2. The third-order valence-electron chi connectivity index (χ3n) is 5.77. The van der Waals surface area contributed by atoms with Crippen molar-refractivity contribution in [3.8, 4) is 0 Å². The zero-order chi connectivity index (χ0) is 20.5. The molecule has 0 aromatic heterocycles. The smallest absolute Gasteiger partial charge is 0.325 e. The fourth-order valence-electron chi connectivity index (χ4n) is 5.07. The van der Waals surface area contributed by atoms with E-state index in [2.05, 4.69) is 26.1 Å². The van der Waals surface area contributed by atoms with Crippen LogP contribution in [0.3, 0.4) is 0 Å². The molecule has 1 aromatic rings. The van der Waals surface area contributed by atoms with Crippen molar-refractivity contribution >= 4 is 17.8 Å². The average Bonchev–Trinajstić information content (AvgIpc) is 2.86. The quantitative estimate of drug-likeness (QED) is 0.790. The fourth-order valence-corrected chi connectivity index (χ4v) is 5.07. The Kier molecular flexibility index (Phi) is 5.50. The summed E-state index contributed by atoms with van der Waals surface area (Å²) in [7, 11) is 0. The Balaban J connectivity index is 1.46. The Morgan fingerprint density at radius 3 is 2.68 bits per heavy atom. The lowest BCUT2D eigenvalue weighted by molar-refractivity contribution is -0.151. The predicted octanol–water partition coefficient (Wildman–Crippen LogP) is 2.70. The second-order valence-electron chi connectivity index (χ2n) is 9.45. The SMILES string of the molecule is Cc1cccc(C(=O)NCC(=O)OCC(=O)N2C[C@@]3(C)C[C@H]2CC(C)(C)C3)c1. The van der Waals surface area contributed by atoms with E-state index >= 15 is 0 Å². The summed E-state index contributed by atoms with van der Waals surface area (Å²) in [4.78, 5) is 38.5. The Hall–Kier alpha value is -2.37. The maximum absolute atomic E-state index is 12.6. The first kappa shape index (κ1) is 20.4. The molecule has 1 heterocycles. The van der Waals surface area contributed by atoms with E-state index in [0.717, 1.165) is 31.4 Å². The van der Waals surface area contributed by atoms with Crippen LogP contribution < -0.4 is 5.32 Å². The van der Waals surface area contributed by atoms with Crippen molar-refractivity contribution in [1.29, 1.82) is 0 Å². The predicted molar refractivity (Wildman–Crippen MR) is 106 cm³/mol. The highest BCUT2D eigenvalue weighted by atomic mass is 16.5. The summed E-state index contributed by atoms with van der Waals surface area (Å²) in [5, 5.41) is 2.53. The maximum atomic E-state index is 12.6. The van der Waals surface area contributed by atoms with Crippen LogP contribution in [0.25, 0.3) is 0 Å². The fraction of sp³-hybridized carbons (Fsp3) is 0.591. The molecule has 2 atom stereocenters. The number of carbonyl (C=O) groups is 3. The van der Waals surface area contributed by atoms with Gasteiger partial charge in [-0.05, 0) is 49.1 Å². The Bertz CT molecular complexity index is 788. The minimum Gasteiger partial charge on any atom is -0.454 e. The van der Waals surface area contributed by atoms with Gasteiger partial charge in [-0.25, -0.2) is 0 Å². The van der Waals surface area contributed by atoms with Crippen LogP contribution in [-0.4, -0.2) is 48.4 Å². The van der Waals surface area contributed by atoms with E-state index < -0.39 is 5.97 Å². The molecule has 0 radical (unpaired) electrons. The highest BCUT2D eigenvalue weighted by Crippen LogP contribution is 2.52. The van der Waals surface area contributed by atoms with Gasteiger partial charge in [0.1, 0.15) is 6.54 Å². The maximum Gasteiger partial charge on any atom is 0.325 e. The lowest BCUT2D eigenvalue weighted by Gasteiger charge is -2.39. The number of carbonyl (C=O) groups excluding carboxylic acids is 3. The second-order valence-corrected chi connectivity index (χ2v) is 9.45. The second kappa shape index (κ2) is 7.57. The summed E-state index contributed by atoms with van der Waals surface area (Å²) >= 11 is 0. The topological polar surface area (TPSA) is 75.7 Å². The van der Waals surface area contributed by atoms with E-state index in [0.29, 0.717) is 5.56 Å². The molecular formula is C22H30N2O4. The first-order valence-corrected chi connectivity index (χ1v) is 9.87. The van der Waals surface area contributed by atoms with Gasteiger partial charge in [0, 0.05) is 18.2 Å². The molecule has 6 nitrogen and oxygen atoms in total. The highest BCUT2D eigenvalue weighted by molar-refractivity contribution is 5.96. The van der Waals surface area contributed by atoms with Gasteiger partial charge in [0.05, 0.1) is 0 Å². The summed E-state index contributed by atoms with van der Waals surface area (Å²) in [5.41, 5.74) is 1.83.